The molecule has 1 aliphatic heterocycles. The Morgan fingerprint density at radius 1 is 1.22 bits per heavy atom. The number of amides is 3. The van der Waals surface area contributed by atoms with Gasteiger partial charge in [0.1, 0.15) is 12.4 Å². The van der Waals surface area contributed by atoms with Gasteiger partial charge in [-0.25, -0.2) is 4.79 Å². The number of hydrogen-bond acceptors (Lipinski definition) is 3. The fraction of sp³-hybridized carbons (Fsp3) is 0.500. The Labute approximate surface area is 141 Å². The summed E-state index contributed by atoms with van der Waals surface area (Å²) < 4.78 is 5.58. The summed E-state index contributed by atoms with van der Waals surface area (Å²) in [4.78, 5) is 26.7. The lowest BCUT2D eigenvalue weighted by Gasteiger charge is -2.34. The van der Waals surface area contributed by atoms with Gasteiger partial charge in [-0.2, -0.15) is 0 Å². The number of urea groups is 1. The molecule has 0 aromatic heterocycles. The van der Waals surface area contributed by atoms with Gasteiger partial charge >= 0.3 is 6.03 Å². The van der Waals surface area contributed by atoms with Gasteiger partial charge in [-0.3, -0.25) is 4.79 Å². The third kappa shape index (κ3) is 5.03. The standard InChI is InChI=1S/C16H22ClN3O3/c1-12-11-14(3-4-15(12)17)23-10-5-18-16(22)20-8-6-19(7-9-20)13(2)21/h3-4,11H,5-10H2,1-2H3,(H,18,22). The maximum Gasteiger partial charge on any atom is 0.317 e. The van der Waals surface area contributed by atoms with Crippen molar-refractivity contribution in [2.24, 2.45) is 0 Å². The van der Waals surface area contributed by atoms with Crippen LogP contribution in [0.5, 0.6) is 5.75 Å². The molecule has 1 saturated heterocycles. The van der Waals surface area contributed by atoms with Gasteiger partial charge in [0, 0.05) is 38.1 Å². The van der Waals surface area contributed by atoms with Crippen molar-refractivity contribution in [3.8, 4) is 5.75 Å². The third-order valence-electron chi connectivity index (χ3n) is 3.79. The molecule has 0 saturated carbocycles. The van der Waals surface area contributed by atoms with Gasteiger partial charge in [-0.15, -0.1) is 0 Å². The number of nitrogens with one attached hydrogen (secondary N) is 1. The summed E-state index contributed by atoms with van der Waals surface area (Å²) in [7, 11) is 0. The van der Waals surface area contributed by atoms with Crippen molar-refractivity contribution < 1.29 is 14.3 Å². The second-order valence-electron chi connectivity index (χ2n) is 5.48. The molecule has 3 amide bonds. The van der Waals surface area contributed by atoms with Gasteiger partial charge < -0.3 is 19.9 Å². The number of benzene rings is 1. The van der Waals surface area contributed by atoms with Gasteiger partial charge in [0.2, 0.25) is 5.91 Å². The molecule has 1 aromatic carbocycles. The highest BCUT2D eigenvalue weighted by atomic mass is 35.5. The number of halogens is 1. The first kappa shape index (κ1) is 17.4. The van der Waals surface area contributed by atoms with E-state index in [9.17, 15) is 9.59 Å². The number of aryl methyl sites for hydroxylation is 1. The van der Waals surface area contributed by atoms with Crippen molar-refractivity contribution in [3.05, 3.63) is 28.8 Å². The fourth-order valence-corrected chi connectivity index (χ4v) is 2.49. The number of piperazine rings is 1. The van der Waals surface area contributed by atoms with Crippen LogP contribution in [-0.2, 0) is 4.79 Å². The lowest BCUT2D eigenvalue weighted by atomic mass is 10.2. The zero-order chi connectivity index (χ0) is 16.8. The van der Waals surface area contributed by atoms with E-state index in [1.807, 2.05) is 13.0 Å². The van der Waals surface area contributed by atoms with Gasteiger partial charge in [0.25, 0.3) is 0 Å². The zero-order valence-corrected chi connectivity index (χ0v) is 14.2. The van der Waals surface area contributed by atoms with E-state index in [1.165, 1.54) is 0 Å². The second kappa shape index (κ2) is 8.06. The Balaban J connectivity index is 1.67. The van der Waals surface area contributed by atoms with Crippen molar-refractivity contribution in [1.82, 2.24) is 15.1 Å². The largest absolute Gasteiger partial charge is 0.492 e. The molecule has 1 fully saturated rings. The van der Waals surface area contributed by atoms with Crippen LogP contribution in [0.25, 0.3) is 0 Å². The minimum Gasteiger partial charge on any atom is -0.492 e. The average molecular weight is 340 g/mol. The van der Waals surface area contributed by atoms with Gasteiger partial charge in [0.15, 0.2) is 0 Å². The van der Waals surface area contributed by atoms with E-state index in [2.05, 4.69) is 5.32 Å². The molecule has 6 nitrogen and oxygen atoms in total. The van der Waals surface area contributed by atoms with E-state index in [-0.39, 0.29) is 11.9 Å². The number of nitrogens with zero attached hydrogens (tertiary/aromatic N) is 2. The van der Waals surface area contributed by atoms with Crippen LogP contribution in [-0.4, -0.2) is 61.1 Å². The van der Waals surface area contributed by atoms with Crippen molar-refractivity contribution >= 4 is 23.5 Å². The Morgan fingerprint density at radius 2 is 1.87 bits per heavy atom. The molecule has 0 bridgehead atoms. The Bertz CT molecular complexity index is 572. The highest BCUT2D eigenvalue weighted by Gasteiger charge is 2.21. The minimum atomic E-state index is -0.121. The summed E-state index contributed by atoms with van der Waals surface area (Å²) in [5, 5.41) is 3.53. The summed E-state index contributed by atoms with van der Waals surface area (Å²) >= 11 is 5.96. The summed E-state index contributed by atoms with van der Waals surface area (Å²) in [6.45, 7) is 6.56. The van der Waals surface area contributed by atoms with Gasteiger partial charge in [-0.1, -0.05) is 11.6 Å². The first-order chi connectivity index (χ1) is 11.0. The third-order valence-corrected chi connectivity index (χ3v) is 4.21. The van der Waals surface area contributed by atoms with Crippen LogP contribution in [0.4, 0.5) is 4.79 Å². The summed E-state index contributed by atoms with van der Waals surface area (Å²) in [5.74, 6) is 0.785. The molecule has 0 spiro atoms. The smallest absolute Gasteiger partial charge is 0.317 e. The van der Waals surface area contributed by atoms with Crippen molar-refractivity contribution in [2.75, 3.05) is 39.3 Å². The molecule has 1 N–H and O–H groups in total. The first-order valence-electron chi connectivity index (χ1n) is 7.64. The molecule has 1 aliphatic rings. The second-order valence-corrected chi connectivity index (χ2v) is 5.89. The number of carbonyl (C=O) groups excluding carboxylic acids is 2. The summed E-state index contributed by atoms with van der Waals surface area (Å²) in [6.07, 6.45) is 0. The van der Waals surface area contributed by atoms with Crippen molar-refractivity contribution in [3.63, 3.8) is 0 Å². The van der Waals surface area contributed by atoms with Crippen molar-refractivity contribution in [1.29, 1.82) is 0 Å². The molecular formula is C16H22ClN3O3. The lowest BCUT2D eigenvalue weighted by molar-refractivity contribution is -0.130. The van der Waals surface area contributed by atoms with E-state index in [1.54, 1.807) is 28.9 Å². The van der Waals surface area contributed by atoms with Crippen LogP contribution < -0.4 is 10.1 Å². The quantitative estimate of drug-likeness (QED) is 0.852. The van der Waals surface area contributed by atoms with E-state index in [0.717, 1.165) is 11.3 Å². The predicted octanol–water partition coefficient (Wildman–Crippen LogP) is 1.90. The average Bonchev–Trinajstić information content (AvgIpc) is 2.54. The first-order valence-corrected chi connectivity index (χ1v) is 8.02. The molecule has 7 heteroatoms. The molecule has 0 aliphatic carbocycles. The lowest BCUT2D eigenvalue weighted by Crippen LogP contribution is -2.53. The topological polar surface area (TPSA) is 61.9 Å². The molecular weight excluding hydrogens is 318 g/mol. The highest BCUT2D eigenvalue weighted by molar-refractivity contribution is 6.31. The zero-order valence-electron chi connectivity index (χ0n) is 13.5. The Kier molecular flexibility index (Phi) is 6.10. The van der Waals surface area contributed by atoms with Crippen LogP contribution >= 0.6 is 11.6 Å². The Hall–Kier alpha value is -1.95. The number of ether oxygens (including phenoxy) is 1. The Morgan fingerprint density at radius 3 is 2.48 bits per heavy atom. The monoisotopic (exact) mass is 339 g/mol. The molecule has 0 radical (unpaired) electrons. The molecule has 0 unspecified atom stereocenters. The van der Waals surface area contributed by atoms with Gasteiger partial charge in [0.05, 0.1) is 6.54 Å². The van der Waals surface area contributed by atoms with E-state index in [4.69, 9.17) is 16.3 Å². The maximum absolute atomic E-state index is 12.0. The van der Waals surface area contributed by atoms with Crippen LogP contribution in [0, 0.1) is 6.92 Å². The van der Waals surface area contributed by atoms with Gasteiger partial charge in [-0.05, 0) is 30.7 Å². The van der Waals surface area contributed by atoms with E-state index >= 15 is 0 Å². The van der Waals surface area contributed by atoms with Crippen LogP contribution in [0.15, 0.2) is 18.2 Å². The molecule has 126 valence electrons. The minimum absolute atomic E-state index is 0.0525. The number of hydrogen-bond donors (Lipinski definition) is 1. The molecule has 2 rings (SSSR count). The molecule has 1 heterocycles. The van der Waals surface area contributed by atoms with Crippen LogP contribution in [0.3, 0.4) is 0 Å². The predicted molar refractivity (Wildman–Crippen MR) is 88.9 cm³/mol. The molecule has 1 aromatic rings. The summed E-state index contributed by atoms with van der Waals surface area (Å²) in [6, 6.07) is 5.34. The number of carbonyl (C=O) groups is 2. The molecule has 0 atom stereocenters. The number of rotatable bonds is 4. The van der Waals surface area contributed by atoms with E-state index in [0.29, 0.717) is 44.4 Å². The SMILES string of the molecule is CC(=O)N1CCN(C(=O)NCCOc2ccc(Cl)c(C)c2)CC1. The highest BCUT2D eigenvalue weighted by Crippen LogP contribution is 2.20. The fourth-order valence-electron chi connectivity index (χ4n) is 2.37. The van der Waals surface area contributed by atoms with Crippen molar-refractivity contribution in [2.45, 2.75) is 13.8 Å². The van der Waals surface area contributed by atoms with Crippen LogP contribution in [0.1, 0.15) is 12.5 Å². The van der Waals surface area contributed by atoms with E-state index < -0.39 is 0 Å². The normalized spacial score (nSPS) is 14.6. The maximum atomic E-state index is 12.0. The van der Waals surface area contributed by atoms with Crippen LogP contribution in [0.2, 0.25) is 5.02 Å². The summed E-state index contributed by atoms with van der Waals surface area (Å²) in [5.41, 5.74) is 0.955. The molecule has 23 heavy (non-hydrogen) atoms.